The fourth-order valence-electron chi connectivity index (χ4n) is 3.22. The summed E-state index contributed by atoms with van der Waals surface area (Å²) in [6.45, 7) is 2.36. The minimum Gasteiger partial charge on any atom is -0.346 e. The molecule has 0 spiro atoms. The number of carbonyl (C=O) groups is 1. The number of rotatable bonds is 5. The van der Waals surface area contributed by atoms with Gasteiger partial charge in [0.15, 0.2) is 0 Å². The average Bonchev–Trinajstić information content (AvgIpc) is 2.61. The van der Waals surface area contributed by atoms with E-state index < -0.39 is 0 Å². The van der Waals surface area contributed by atoms with E-state index in [9.17, 15) is 9.18 Å². The highest BCUT2D eigenvalue weighted by Crippen LogP contribution is 2.18. The molecule has 0 saturated carbocycles. The van der Waals surface area contributed by atoms with Crippen LogP contribution in [0.15, 0.2) is 36.7 Å². The normalized spacial score (nSPS) is 18.1. The van der Waals surface area contributed by atoms with Crippen molar-refractivity contribution in [3.8, 4) is 0 Å². The van der Waals surface area contributed by atoms with Crippen LogP contribution in [0, 0.1) is 11.7 Å². The van der Waals surface area contributed by atoms with Gasteiger partial charge in [-0.25, -0.2) is 9.37 Å². The minimum absolute atomic E-state index is 0.128. The van der Waals surface area contributed by atoms with Gasteiger partial charge in [-0.2, -0.15) is 0 Å². The Bertz CT molecular complexity index is 720. The largest absolute Gasteiger partial charge is 0.346 e. The number of nitrogens with one attached hydrogen (secondary N) is 1. The molecule has 132 valence electrons. The fraction of sp³-hybridized carbons (Fsp3) is 0.421. The van der Waals surface area contributed by atoms with Crippen molar-refractivity contribution in [1.29, 1.82) is 0 Å². The quantitative estimate of drug-likeness (QED) is 0.907. The number of piperidine rings is 1. The van der Waals surface area contributed by atoms with Crippen LogP contribution in [0.2, 0.25) is 0 Å². The lowest BCUT2D eigenvalue weighted by atomic mass is 9.94. The lowest BCUT2D eigenvalue weighted by molar-refractivity contribution is 0.0945. The molecule has 0 bridgehead atoms. The standard InChI is InChI=1S/C19H23FN4O/c1-24-8-4-5-14(13-24)9-16-11-22-18(12-21-16)19(25)23-10-15-6-2-3-7-17(15)20/h2-3,6-7,11-12,14H,4-5,8-10,13H2,1H3,(H,23,25)/t14-/m0/s1. The van der Waals surface area contributed by atoms with Gasteiger partial charge in [0, 0.05) is 24.8 Å². The Kier molecular flexibility index (Phi) is 5.71. The number of aromatic nitrogens is 2. The van der Waals surface area contributed by atoms with E-state index in [1.165, 1.54) is 25.1 Å². The molecule has 1 fully saturated rings. The molecule has 0 aliphatic carbocycles. The summed E-state index contributed by atoms with van der Waals surface area (Å²) >= 11 is 0. The lowest BCUT2D eigenvalue weighted by Crippen LogP contribution is -2.33. The molecule has 0 radical (unpaired) electrons. The number of carbonyl (C=O) groups excluding carboxylic acids is 1. The molecular weight excluding hydrogens is 319 g/mol. The molecule has 2 heterocycles. The second-order valence-electron chi connectivity index (χ2n) is 6.64. The monoisotopic (exact) mass is 342 g/mol. The van der Waals surface area contributed by atoms with Crippen LogP contribution >= 0.6 is 0 Å². The first kappa shape index (κ1) is 17.5. The van der Waals surface area contributed by atoms with E-state index >= 15 is 0 Å². The third-order valence-corrected chi connectivity index (χ3v) is 4.56. The molecule has 0 unspecified atom stereocenters. The van der Waals surface area contributed by atoms with E-state index in [0.29, 0.717) is 11.5 Å². The highest BCUT2D eigenvalue weighted by molar-refractivity contribution is 5.91. The summed E-state index contributed by atoms with van der Waals surface area (Å²) < 4.78 is 13.6. The molecule has 1 saturated heterocycles. The second-order valence-corrected chi connectivity index (χ2v) is 6.64. The first-order valence-corrected chi connectivity index (χ1v) is 8.63. The van der Waals surface area contributed by atoms with Gasteiger partial charge in [0.25, 0.3) is 5.91 Å². The van der Waals surface area contributed by atoms with Crippen molar-refractivity contribution in [1.82, 2.24) is 20.2 Å². The van der Waals surface area contributed by atoms with Crippen LogP contribution < -0.4 is 5.32 Å². The Hall–Kier alpha value is -2.34. The van der Waals surface area contributed by atoms with Crippen LogP contribution in [-0.2, 0) is 13.0 Å². The van der Waals surface area contributed by atoms with Gasteiger partial charge in [0.2, 0.25) is 0 Å². The first-order chi connectivity index (χ1) is 12.1. The number of nitrogens with zero attached hydrogens (tertiary/aromatic N) is 3. The van der Waals surface area contributed by atoms with Gasteiger partial charge >= 0.3 is 0 Å². The van der Waals surface area contributed by atoms with E-state index in [0.717, 1.165) is 25.2 Å². The molecule has 1 amide bonds. The number of likely N-dealkylation sites (tertiary alicyclic amines) is 1. The maximum absolute atomic E-state index is 13.6. The van der Waals surface area contributed by atoms with Crippen molar-refractivity contribution in [3.05, 3.63) is 59.4 Å². The van der Waals surface area contributed by atoms with Crippen molar-refractivity contribution in [3.63, 3.8) is 0 Å². The summed E-state index contributed by atoms with van der Waals surface area (Å²) in [6, 6.07) is 6.38. The number of hydrogen-bond donors (Lipinski definition) is 1. The Labute approximate surface area is 147 Å². The van der Waals surface area contributed by atoms with Crippen LogP contribution in [0.5, 0.6) is 0 Å². The zero-order chi connectivity index (χ0) is 17.6. The minimum atomic E-state index is -0.347. The maximum atomic E-state index is 13.6. The zero-order valence-corrected chi connectivity index (χ0v) is 14.4. The summed E-state index contributed by atoms with van der Waals surface area (Å²) in [5.41, 5.74) is 1.61. The van der Waals surface area contributed by atoms with Gasteiger partial charge < -0.3 is 10.2 Å². The molecule has 1 atom stereocenters. The van der Waals surface area contributed by atoms with Crippen LogP contribution in [0.3, 0.4) is 0 Å². The van der Waals surface area contributed by atoms with Crippen LogP contribution in [0.4, 0.5) is 4.39 Å². The maximum Gasteiger partial charge on any atom is 0.271 e. The van der Waals surface area contributed by atoms with Crippen molar-refractivity contribution in [2.45, 2.75) is 25.8 Å². The Morgan fingerprint density at radius 2 is 2.16 bits per heavy atom. The van der Waals surface area contributed by atoms with Crippen LogP contribution in [-0.4, -0.2) is 40.9 Å². The predicted molar refractivity (Wildman–Crippen MR) is 93.5 cm³/mol. The molecule has 1 aliphatic rings. The fourth-order valence-corrected chi connectivity index (χ4v) is 3.22. The third-order valence-electron chi connectivity index (χ3n) is 4.56. The molecule has 1 aromatic carbocycles. The molecule has 2 aromatic rings. The van der Waals surface area contributed by atoms with E-state index in [1.54, 1.807) is 24.4 Å². The van der Waals surface area contributed by atoms with Crippen molar-refractivity contribution >= 4 is 5.91 Å². The van der Waals surface area contributed by atoms with Gasteiger partial charge in [-0.05, 0) is 44.8 Å². The lowest BCUT2D eigenvalue weighted by Gasteiger charge is -2.29. The number of amides is 1. The average molecular weight is 342 g/mol. The highest BCUT2D eigenvalue weighted by Gasteiger charge is 2.18. The van der Waals surface area contributed by atoms with Gasteiger partial charge in [0.1, 0.15) is 11.5 Å². The van der Waals surface area contributed by atoms with Crippen LogP contribution in [0.25, 0.3) is 0 Å². The Morgan fingerprint density at radius 1 is 1.32 bits per heavy atom. The predicted octanol–water partition coefficient (Wildman–Crippen LogP) is 2.43. The zero-order valence-electron chi connectivity index (χ0n) is 14.4. The van der Waals surface area contributed by atoms with E-state index in [1.807, 2.05) is 0 Å². The molecule has 1 aliphatic heterocycles. The summed E-state index contributed by atoms with van der Waals surface area (Å²) in [5, 5.41) is 2.67. The molecular formula is C19H23FN4O. The van der Waals surface area contributed by atoms with E-state index in [4.69, 9.17) is 0 Å². The molecule has 1 aromatic heterocycles. The van der Waals surface area contributed by atoms with Gasteiger partial charge in [0.05, 0.1) is 11.9 Å². The first-order valence-electron chi connectivity index (χ1n) is 8.63. The number of hydrogen-bond acceptors (Lipinski definition) is 4. The third kappa shape index (κ3) is 4.82. The van der Waals surface area contributed by atoms with Gasteiger partial charge in [-0.3, -0.25) is 9.78 Å². The summed E-state index contributed by atoms with van der Waals surface area (Å²) in [5.74, 6) is -0.0878. The van der Waals surface area contributed by atoms with E-state index in [-0.39, 0.29) is 24.0 Å². The topological polar surface area (TPSA) is 58.1 Å². The summed E-state index contributed by atoms with van der Waals surface area (Å²) in [4.78, 5) is 23.1. The molecule has 3 rings (SSSR count). The molecule has 25 heavy (non-hydrogen) atoms. The molecule has 5 nitrogen and oxygen atoms in total. The smallest absolute Gasteiger partial charge is 0.271 e. The van der Waals surface area contributed by atoms with E-state index in [2.05, 4.69) is 27.2 Å². The van der Waals surface area contributed by atoms with Crippen LogP contribution in [0.1, 0.15) is 34.6 Å². The summed E-state index contributed by atoms with van der Waals surface area (Å²) in [6.07, 6.45) is 6.47. The Balaban J connectivity index is 1.54. The van der Waals surface area contributed by atoms with Crippen molar-refractivity contribution < 1.29 is 9.18 Å². The van der Waals surface area contributed by atoms with Gasteiger partial charge in [-0.15, -0.1) is 0 Å². The second kappa shape index (κ2) is 8.16. The van der Waals surface area contributed by atoms with Crippen molar-refractivity contribution in [2.24, 2.45) is 5.92 Å². The number of benzene rings is 1. The Morgan fingerprint density at radius 3 is 2.88 bits per heavy atom. The highest BCUT2D eigenvalue weighted by atomic mass is 19.1. The van der Waals surface area contributed by atoms with Gasteiger partial charge in [-0.1, -0.05) is 18.2 Å². The molecule has 6 heteroatoms. The summed E-state index contributed by atoms with van der Waals surface area (Å²) in [7, 11) is 2.14. The SMILES string of the molecule is CN1CCC[C@@H](Cc2cnc(C(=O)NCc3ccccc3F)cn2)C1. The molecule has 1 N–H and O–H groups in total. The van der Waals surface area contributed by atoms with Crippen molar-refractivity contribution in [2.75, 3.05) is 20.1 Å². The number of halogens is 1.